The second kappa shape index (κ2) is 5.25. The molecule has 3 atom stereocenters. The molecule has 3 saturated heterocycles. The highest BCUT2D eigenvalue weighted by Crippen LogP contribution is 2.30. The summed E-state index contributed by atoms with van der Waals surface area (Å²) in [5.41, 5.74) is 0. The first-order valence-corrected chi connectivity index (χ1v) is 7.47. The van der Waals surface area contributed by atoms with Crippen LogP contribution in [0.5, 0.6) is 0 Å². The first kappa shape index (κ1) is 11.9. The van der Waals surface area contributed by atoms with Crippen LogP contribution in [0.15, 0.2) is 0 Å². The van der Waals surface area contributed by atoms with Gasteiger partial charge in [-0.1, -0.05) is 6.92 Å². The lowest BCUT2D eigenvalue weighted by molar-refractivity contribution is 0.0479. The van der Waals surface area contributed by atoms with Crippen LogP contribution < -0.4 is 5.32 Å². The van der Waals surface area contributed by atoms with E-state index in [1.54, 1.807) is 0 Å². The second-order valence-electron chi connectivity index (χ2n) is 5.99. The van der Waals surface area contributed by atoms with Gasteiger partial charge in [0.1, 0.15) is 0 Å². The normalized spacial score (nSPS) is 41.3. The van der Waals surface area contributed by atoms with Crippen molar-refractivity contribution in [2.24, 2.45) is 0 Å². The van der Waals surface area contributed by atoms with Gasteiger partial charge in [0.2, 0.25) is 0 Å². The van der Waals surface area contributed by atoms with Gasteiger partial charge in [-0.15, -0.1) is 0 Å². The molecule has 0 aromatic heterocycles. The van der Waals surface area contributed by atoms with Gasteiger partial charge in [-0.2, -0.15) is 0 Å². The van der Waals surface area contributed by atoms with Crippen molar-refractivity contribution in [1.82, 2.24) is 10.2 Å². The maximum absolute atomic E-state index is 5.79. The van der Waals surface area contributed by atoms with E-state index in [9.17, 15) is 0 Å². The van der Waals surface area contributed by atoms with Crippen LogP contribution >= 0.6 is 0 Å². The van der Waals surface area contributed by atoms with Crippen molar-refractivity contribution in [3.63, 3.8) is 0 Å². The highest BCUT2D eigenvalue weighted by molar-refractivity contribution is 4.95. The van der Waals surface area contributed by atoms with Crippen LogP contribution in [0.25, 0.3) is 0 Å². The summed E-state index contributed by atoms with van der Waals surface area (Å²) in [6.07, 6.45) is 8.57. The molecule has 0 saturated carbocycles. The Bertz CT molecular complexity index is 241. The summed E-state index contributed by atoms with van der Waals surface area (Å²) in [5.74, 6) is 0. The average molecular weight is 238 g/mol. The van der Waals surface area contributed by atoms with Crippen molar-refractivity contribution in [2.45, 2.75) is 69.7 Å². The number of ether oxygens (including phenoxy) is 1. The third-order valence-corrected chi connectivity index (χ3v) is 4.83. The number of piperidine rings is 1. The molecule has 3 unspecified atom stereocenters. The maximum Gasteiger partial charge on any atom is 0.0702 e. The van der Waals surface area contributed by atoms with Gasteiger partial charge in [-0.25, -0.2) is 0 Å². The Labute approximate surface area is 105 Å². The second-order valence-corrected chi connectivity index (χ2v) is 5.99. The molecule has 3 rings (SSSR count). The average Bonchev–Trinajstić information content (AvgIpc) is 2.96. The number of likely N-dealkylation sites (N-methyl/N-ethyl adjacent to an activating group) is 1. The molecule has 0 spiro atoms. The van der Waals surface area contributed by atoms with Crippen molar-refractivity contribution < 1.29 is 4.74 Å². The molecule has 2 bridgehead atoms. The van der Waals surface area contributed by atoms with E-state index in [0.717, 1.165) is 24.7 Å². The fourth-order valence-corrected chi connectivity index (χ4v) is 3.91. The molecule has 0 radical (unpaired) electrons. The van der Waals surface area contributed by atoms with Crippen LogP contribution in [0.4, 0.5) is 0 Å². The van der Waals surface area contributed by atoms with E-state index in [0.29, 0.717) is 6.10 Å². The lowest BCUT2D eigenvalue weighted by atomic mass is 9.97. The Morgan fingerprint density at radius 3 is 2.53 bits per heavy atom. The van der Waals surface area contributed by atoms with E-state index in [2.05, 4.69) is 17.1 Å². The number of hydrogen-bond acceptors (Lipinski definition) is 3. The molecule has 0 amide bonds. The van der Waals surface area contributed by atoms with Gasteiger partial charge < -0.3 is 10.1 Å². The fraction of sp³-hybridized carbons (Fsp3) is 1.00. The van der Waals surface area contributed by atoms with E-state index >= 15 is 0 Å². The van der Waals surface area contributed by atoms with E-state index < -0.39 is 0 Å². The third kappa shape index (κ3) is 2.67. The Morgan fingerprint density at radius 1 is 1.18 bits per heavy atom. The predicted molar refractivity (Wildman–Crippen MR) is 69.2 cm³/mol. The number of hydrogen-bond donors (Lipinski definition) is 1. The van der Waals surface area contributed by atoms with E-state index in [1.807, 2.05) is 0 Å². The maximum atomic E-state index is 5.79. The summed E-state index contributed by atoms with van der Waals surface area (Å²) in [6.45, 7) is 5.64. The zero-order valence-electron chi connectivity index (χ0n) is 11.0. The first-order chi connectivity index (χ1) is 8.35. The van der Waals surface area contributed by atoms with Gasteiger partial charge >= 0.3 is 0 Å². The van der Waals surface area contributed by atoms with Crippen molar-refractivity contribution >= 4 is 0 Å². The van der Waals surface area contributed by atoms with E-state index in [1.165, 1.54) is 51.6 Å². The van der Waals surface area contributed by atoms with E-state index in [4.69, 9.17) is 4.74 Å². The van der Waals surface area contributed by atoms with Gasteiger partial charge in [-0.3, -0.25) is 4.90 Å². The highest BCUT2D eigenvalue weighted by Gasteiger charge is 2.36. The lowest BCUT2D eigenvalue weighted by Crippen LogP contribution is -2.49. The zero-order valence-corrected chi connectivity index (χ0v) is 11.0. The van der Waals surface area contributed by atoms with Gasteiger partial charge in [0, 0.05) is 31.3 Å². The van der Waals surface area contributed by atoms with Crippen LogP contribution in [0.3, 0.4) is 0 Å². The first-order valence-electron chi connectivity index (χ1n) is 7.47. The molecule has 3 heteroatoms. The Morgan fingerprint density at radius 2 is 1.94 bits per heavy atom. The van der Waals surface area contributed by atoms with Crippen LogP contribution in [0, 0.1) is 0 Å². The molecule has 98 valence electrons. The molecule has 3 aliphatic rings. The standard InChI is InChI=1S/C14H26N2O/c1-2-16(10-14-4-3-7-17-14)13-8-11-5-6-12(9-13)15-11/h11-15H,2-10H2,1H3. The Hall–Kier alpha value is -0.120. The minimum absolute atomic E-state index is 0.516. The number of nitrogens with zero attached hydrogens (tertiary/aromatic N) is 1. The summed E-state index contributed by atoms with van der Waals surface area (Å²) in [7, 11) is 0. The highest BCUT2D eigenvalue weighted by atomic mass is 16.5. The van der Waals surface area contributed by atoms with Crippen molar-refractivity contribution in [3.8, 4) is 0 Å². The van der Waals surface area contributed by atoms with Crippen molar-refractivity contribution in [2.75, 3.05) is 19.7 Å². The molecule has 1 N–H and O–H groups in total. The van der Waals surface area contributed by atoms with Gasteiger partial charge in [0.05, 0.1) is 6.10 Å². The summed E-state index contributed by atoms with van der Waals surface area (Å²) >= 11 is 0. The van der Waals surface area contributed by atoms with E-state index in [-0.39, 0.29) is 0 Å². The summed E-state index contributed by atoms with van der Waals surface area (Å²) < 4.78 is 5.79. The van der Waals surface area contributed by atoms with Gasteiger partial charge in [0.15, 0.2) is 0 Å². The SMILES string of the molecule is CCN(CC1CCCO1)C1CC2CCC(C1)N2. The molecule has 3 fully saturated rings. The summed E-state index contributed by atoms with van der Waals surface area (Å²) in [4.78, 5) is 2.68. The summed E-state index contributed by atoms with van der Waals surface area (Å²) in [5, 5.41) is 3.73. The molecule has 0 aromatic carbocycles. The topological polar surface area (TPSA) is 24.5 Å². The largest absolute Gasteiger partial charge is 0.377 e. The Balaban J connectivity index is 1.56. The predicted octanol–water partition coefficient (Wildman–Crippen LogP) is 1.77. The molecule has 0 aromatic rings. The molecular weight excluding hydrogens is 212 g/mol. The molecule has 17 heavy (non-hydrogen) atoms. The number of nitrogens with one attached hydrogen (secondary N) is 1. The number of rotatable bonds is 4. The molecule has 3 heterocycles. The van der Waals surface area contributed by atoms with Crippen LogP contribution in [-0.2, 0) is 4.74 Å². The van der Waals surface area contributed by atoms with Crippen LogP contribution in [-0.4, -0.2) is 48.8 Å². The quantitative estimate of drug-likeness (QED) is 0.808. The van der Waals surface area contributed by atoms with Crippen LogP contribution in [0.1, 0.15) is 45.4 Å². The van der Waals surface area contributed by atoms with Gasteiger partial charge in [-0.05, 0) is 45.1 Å². The minimum Gasteiger partial charge on any atom is -0.377 e. The third-order valence-electron chi connectivity index (χ3n) is 4.83. The molecule has 0 aliphatic carbocycles. The fourth-order valence-electron chi connectivity index (χ4n) is 3.91. The molecular formula is C14H26N2O. The number of fused-ring (bicyclic) bond motifs is 2. The summed E-state index contributed by atoms with van der Waals surface area (Å²) in [6, 6.07) is 2.41. The monoisotopic (exact) mass is 238 g/mol. The van der Waals surface area contributed by atoms with Crippen LogP contribution in [0.2, 0.25) is 0 Å². The lowest BCUT2D eigenvalue weighted by Gasteiger charge is -2.38. The molecule has 3 nitrogen and oxygen atoms in total. The smallest absolute Gasteiger partial charge is 0.0702 e. The molecule has 3 aliphatic heterocycles. The minimum atomic E-state index is 0.516. The van der Waals surface area contributed by atoms with Crippen molar-refractivity contribution in [3.05, 3.63) is 0 Å². The van der Waals surface area contributed by atoms with Crippen molar-refractivity contribution in [1.29, 1.82) is 0 Å². The zero-order chi connectivity index (χ0) is 11.7. The Kier molecular flexibility index (Phi) is 3.69. The van der Waals surface area contributed by atoms with Gasteiger partial charge in [0.25, 0.3) is 0 Å².